The summed E-state index contributed by atoms with van der Waals surface area (Å²) in [5, 5.41) is 2.84. The highest BCUT2D eigenvalue weighted by atomic mass is 19.4. The van der Waals surface area contributed by atoms with Gasteiger partial charge in [-0.05, 0) is 12.5 Å². The summed E-state index contributed by atoms with van der Waals surface area (Å²) in [5.74, 6) is -0.00410. The van der Waals surface area contributed by atoms with Crippen molar-refractivity contribution in [3.05, 3.63) is 34.9 Å². The molecule has 0 amide bonds. The minimum Gasteiger partial charge on any atom is -0.307 e. The maximum absolute atomic E-state index is 13.0. The molecule has 0 bridgehead atoms. The van der Waals surface area contributed by atoms with Gasteiger partial charge in [0.2, 0.25) is 0 Å². The molecule has 1 N–H and O–H groups in total. The van der Waals surface area contributed by atoms with Crippen molar-refractivity contribution in [2.75, 3.05) is 0 Å². The molecular weight excluding hydrogens is 271 g/mol. The van der Waals surface area contributed by atoms with E-state index in [1.54, 1.807) is 6.92 Å². The Morgan fingerprint density at radius 1 is 1.05 bits per heavy atom. The van der Waals surface area contributed by atoms with Gasteiger partial charge in [-0.1, -0.05) is 0 Å². The Bertz CT molecular complexity index is 651. The Labute approximate surface area is 112 Å². The van der Waals surface area contributed by atoms with Crippen molar-refractivity contribution in [3.8, 4) is 11.6 Å². The van der Waals surface area contributed by atoms with Crippen molar-refractivity contribution >= 4 is 0 Å². The van der Waals surface area contributed by atoms with Crippen molar-refractivity contribution in [2.45, 2.75) is 26.2 Å². The van der Waals surface area contributed by atoms with Crippen LogP contribution in [0.4, 0.5) is 13.2 Å². The lowest BCUT2D eigenvalue weighted by Gasteiger charge is -2.11. The molecule has 3 rings (SSSR count). The van der Waals surface area contributed by atoms with Crippen LogP contribution in [0.5, 0.6) is 0 Å². The maximum Gasteiger partial charge on any atom is 0.433 e. The zero-order chi connectivity index (χ0) is 14.3. The van der Waals surface area contributed by atoms with E-state index in [2.05, 4.69) is 25.3 Å². The van der Waals surface area contributed by atoms with Gasteiger partial charge in [0.25, 0.3) is 0 Å². The molecule has 0 radical (unpaired) electrons. The Morgan fingerprint density at radius 2 is 1.75 bits per heavy atom. The SMILES string of the molecule is Cc1cnc(-c2nc3c(c(C(F)(F)F)n2)CNC3)nc1. The zero-order valence-electron chi connectivity index (χ0n) is 10.5. The number of alkyl halides is 3. The van der Waals surface area contributed by atoms with Gasteiger partial charge in [0.15, 0.2) is 17.3 Å². The quantitative estimate of drug-likeness (QED) is 0.864. The van der Waals surface area contributed by atoms with Crippen molar-refractivity contribution < 1.29 is 13.2 Å². The van der Waals surface area contributed by atoms with Crippen LogP contribution in [-0.4, -0.2) is 19.9 Å². The fourth-order valence-corrected chi connectivity index (χ4v) is 2.01. The van der Waals surface area contributed by atoms with E-state index in [4.69, 9.17) is 0 Å². The third-order valence-electron chi connectivity index (χ3n) is 2.94. The summed E-state index contributed by atoms with van der Waals surface area (Å²) < 4.78 is 39.1. The third kappa shape index (κ3) is 2.22. The minimum absolute atomic E-state index is 0.0933. The number of nitrogens with one attached hydrogen (secondary N) is 1. The van der Waals surface area contributed by atoms with Gasteiger partial charge in [0.1, 0.15) is 0 Å². The van der Waals surface area contributed by atoms with Gasteiger partial charge >= 0.3 is 6.18 Å². The molecule has 1 aliphatic heterocycles. The van der Waals surface area contributed by atoms with Crippen LogP contribution in [-0.2, 0) is 19.3 Å². The molecule has 5 nitrogen and oxygen atoms in total. The van der Waals surface area contributed by atoms with E-state index >= 15 is 0 Å². The van der Waals surface area contributed by atoms with Crippen LogP contribution in [0.25, 0.3) is 11.6 Å². The highest BCUT2D eigenvalue weighted by Gasteiger charge is 2.38. The van der Waals surface area contributed by atoms with Gasteiger partial charge in [-0.3, -0.25) is 0 Å². The minimum atomic E-state index is -4.52. The number of fused-ring (bicyclic) bond motifs is 1. The molecule has 2 aromatic rings. The fraction of sp³-hybridized carbons (Fsp3) is 0.333. The Kier molecular flexibility index (Phi) is 2.89. The zero-order valence-corrected chi connectivity index (χ0v) is 10.5. The van der Waals surface area contributed by atoms with Crippen LogP contribution < -0.4 is 5.32 Å². The molecule has 0 aromatic carbocycles. The first kappa shape index (κ1) is 12.9. The molecule has 0 fully saturated rings. The number of aryl methyl sites for hydroxylation is 1. The summed E-state index contributed by atoms with van der Waals surface area (Å²) in [4.78, 5) is 15.7. The smallest absolute Gasteiger partial charge is 0.307 e. The molecule has 8 heteroatoms. The van der Waals surface area contributed by atoms with Gasteiger partial charge in [0.05, 0.1) is 5.69 Å². The largest absolute Gasteiger partial charge is 0.433 e. The van der Waals surface area contributed by atoms with Crippen LogP contribution >= 0.6 is 0 Å². The van der Waals surface area contributed by atoms with Crippen LogP contribution in [0.1, 0.15) is 22.5 Å². The molecule has 0 aliphatic carbocycles. The van der Waals surface area contributed by atoms with Crippen molar-refractivity contribution in [2.24, 2.45) is 0 Å². The highest BCUT2D eigenvalue weighted by Crippen LogP contribution is 2.34. The molecule has 0 unspecified atom stereocenters. The molecule has 2 aromatic heterocycles. The second kappa shape index (κ2) is 4.48. The summed E-state index contributed by atoms with van der Waals surface area (Å²) >= 11 is 0. The van der Waals surface area contributed by atoms with E-state index in [9.17, 15) is 13.2 Å². The number of nitrogens with zero attached hydrogens (tertiary/aromatic N) is 4. The summed E-state index contributed by atoms with van der Waals surface area (Å²) in [6, 6.07) is 0. The van der Waals surface area contributed by atoms with Crippen molar-refractivity contribution in [1.82, 2.24) is 25.3 Å². The van der Waals surface area contributed by atoms with E-state index in [-0.39, 0.29) is 23.8 Å². The number of hydrogen-bond donors (Lipinski definition) is 1. The summed E-state index contributed by atoms with van der Waals surface area (Å²) in [7, 11) is 0. The standard InChI is InChI=1S/C12H10F3N5/c1-6-2-17-10(18-3-6)11-19-8-5-16-4-7(8)9(20-11)12(13,14)15/h2-3,16H,4-5H2,1H3. The monoisotopic (exact) mass is 281 g/mol. The Balaban J connectivity index is 2.16. The molecule has 0 saturated heterocycles. The van der Waals surface area contributed by atoms with E-state index in [0.717, 1.165) is 5.56 Å². The molecule has 0 spiro atoms. The highest BCUT2D eigenvalue weighted by molar-refractivity contribution is 5.46. The fourth-order valence-electron chi connectivity index (χ4n) is 2.01. The lowest BCUT2D eigenvalue weighted by molar-refractivity contribution is -0.141. The molecule has 3 heterocycles. The molecule has 0 saturated carbocycles. The molecule has 0 atom stereocenters. The molecule has 104 valence electrons. The molecule has 1 aliphatic rings. The van der Waals surface area contributed by atoms with E-state index in [1.807, 2.05) is 0 Å². The first-order valence-corrected chi connectivity index (χ1v) is 5.92. The number of hydrogen-bond acceptors (Lipinski definition) is 5. The maximum atomic E-state index is 13.0. The van der Waals surface area contributed by atoms with E-state index in [0.29, 0.717) is 12.2 Å². The summed E-state index contributed by atoms with van der Waals surface area (Å²) in [6.45, 7) is 2.21. The van der Waals surface area contributed by atoms with Crippen LogP contribution in [0, 0.1) is 6.92 Å². The lowest BCUT2D eigenvalue weighted by Crippen LogP contribution is -2.15. The predicted molar refractivity (Wildman–Crippen MR) is 63.3 cm³/mol. The van der Waals surface area contributed by atoms with Gasteiger partial charge in [-0.25, -0.2) is 19.9 Å². The van der Waals surface area contributed by atoms with Gasteiger partial charge in [-0.15, -0.1) is 0 Å². The average Bonchev–Trinajstić information content (AvgIpc) is 2.85. The van der Waals surface area contributed by atoms with Crippen LogP contribution in [0.2, 0.25) is 0 Å². The van der Waals surface area contributed by atoms with Crippen molar-refractivity contribution in [1.29, 1.82) is 0 Å². The normalized spacial score (nSPS) is 14.4. The number of rotatable bonds is 1. The number of halogens is 3. The van der Waals surface area contributed by atoms with Crippen LogP contribution in [0.15, 0.2) is 12.4 Å². The summed E-state index contributed by atoms with van der Waals surface area (Å²) in [5.41, 5.74) is 0.360. The van der Waals surface area contributed by atoms with E-state index < -0.39 is 11.9 Å². The second-order valence-corrected chi connectivity index (χ2v) is 4.51. The van der Waals surface area contributed by atoms with Gasteiger partial charge < -0.3 is 5.32 Å². The second-order valence-electron chi connectivity index (χ2n) is 4.51. The predicted octanol–water partition coefficient (Wildman–Crippen LogP) is 1.86. The van der Waals surface area contributed by atoms with E-state index in [1.165, 1.54) is 12.4 Å². The topological polar surface area (TPSA) is 63.6 Å². The summed E-state index contributed by atoms with van der Waals surface area (Å²) in [6.07, 6.45) is -1.48. The average molecular weight is 281 g/mol. The third-order valence-corrected chi connectivity index (χ3v) is 2.94. The first-order chi connectivity index (χ1) is 9.45. The molecule has 20 heavy (non-hydrogen) atoms. The van der Waals surface area contributed by atoms with Crippen LogP contribution in [0.3, 0.4) is 0 Å². The number of aromatic nitrogens is 4. The molecular formula is C12H10F3N5. The Morgan fingerprint density at radius 3 is 2.40 bits per heavy atom. The lowest BCUT2D eigenvalue weighted by atomic mass is 10.2. The van der Waals surface area contributed by atoms with Gasteiger partial charge in [0, 0.05) is 31.0 Å². The Hall–Kier alpha value is -2.09. The van der Waals surface area contributed by atoms with Crippen molar-refractivity contribution in [3.63, 3.8) is 0 Å². The first-order valence-electron chi connectivity index (χ1n) is 5.92. The van der Waals surface area contributed by atoms with Gasteiger partial charge in [-0.2, -0.15) is 13.2 Å².